The zero-order valence-electron chi connectivity index (χ0n) is 11.3. The molecule has 2 rings (SSSR count). The molecule has 0 unspecified atom stereocenters. The monoisotopic (exact) mass is 337 g/mol. The average molecular weight is 337 g/mol. The first-order valence-electron chi connectivity index (χ1n) is 5.99. The third-order valence-electron chi connectivity index (χ3n) is 2.82. The molecular formula is C11H12F3N4O3S+. The summed E-state index contributed by atoms with van der Waals surface area (Å²) in [5.74, 6) is -0.508. The van der Waals surface area contributed by atoms with E-state index in [1.165, 1.54) is 30.2 Å². The highest BCUT2D eigenvalue weighted by molar-refractivity contribution is 7.85. The molecule has 0 aromatic carbocycles. The van der Waals surface area contributed by atoms with Gasteiger partial charge in [0, 0.05) is 18.7 Å². The molecule has 22 heavy (non-hydrogen) atoms. The highest BCUT2D eigenvalue weighted by Gasteiger charge is 2.35. The summed E-state index contributed by atoms with van der Waals surface area (Å²) in [5.41, 5.74) is -0.427. The largest absolute Gasteiger partial charge is 0.433 e. The van der Waals surface area contributed by atoms with Crippen molar-refractivity contribution >= 4 is 10.1 Å². The molecule has 0 saturated carbocycles. The minimum atomic E-state index is -4.50. The van der Waals surface area contributed by atoms with E-state index in [0.29, 0.717) is 5.56 Å². The molecule has 0 bridgehead atoms. The van der Waals surface area contributed by atoms with Crippen LogP contribution in [0.4, 0.5) is 13.2 Å². The van der Waals surface area contributed by atoms with Gasteiger partial charge in [-0.1, -0.05) is 4.68 Å². The lowest BCUT2D eigenvalue weighted by Crippen LogP contribution is -2.40. The number of hydrogen-bond acceptors (Lipinski definition) is 4. The van der Waals surface area contributed by atoms with Crippen molar-refractivity contribution in [3.63, 3.8) is 0 Å². The van der Waals surface area contributed by atoms with Crippen molar-refractivity contribution in [3.05, 3.63) is 30.2 Å². The molecular weight excluding hydrogens is 325 g/mol. The van der Waals surface area contributed by atoms with Crippen LogP contribution in [-0.2, 0) is 29.9 Å². The van der Waals surface area contributed by atoms with Crippen molar-refractivity contribution < 1.29 is 30.8 Å². The summed E-state index contributed by atoms with van der Waals surface area (Å²) in [4.78, 5) is 0. The summed E-state index contributed by atoms with van der Waals surface area (Å²) in [6, 6.07) is 2.36. The number of halogens is 3. The molecule has 0 saturated heterocycles. The molecule has 0 radical (unpaired) electrons. The second-order valence-corrected chi connectivity index (χ2v) is 6.07. The van der Waals surface area contributed by atoms with Crippen LogP contribution in [0.1, 0.15) is 5.69 Å². The standard InChI is InChI=1S/C11H11F3N4O3S/c1-17-10(11(12,13)14)6-9(16-17)8-2-3-18(15-7-8)4-5-22(19,20)21/h2-3,6-7H,4-5H2,1H3/p+1. The van der Waals surface area contributed by atoms with Crippen LogP contribution < -0.4 is 4.68 Å². The number of rotatable bonds is 4. The Hall–Kier alpha value is -2.01. The van der Waals surface area contributed by atoms with Crippen molar-refractivity contribution in [1.82, 2.24) is 14.9 Å². The van der Waals surface area contributed by atoms with Gasteiger partial charge in [0.05, 0.1) is 5.69 Å². The lowest BCUT2D eigenvalue weighted by atomic mass is 10.2. The third kappa shape index (κ3) is 4.01. The van der Waals surface area contributed by atoms with Crippen LogP contribution >= 0.6 is 0 Å². The maximum atomic E-state index is 12.7. The number of nitrogens with zero attached hydrogens (tertiary/aromatic N) is 4. The highest BCUT2D eigenvalue weighted by Crippen LogP contribution is 2.31. The third-order valence-corrected chi connectivity index (χ3v) is 3.51. The Bertz CT molecular complexity index is 769. The fraction of sp³-hybridized carbons (Fsp3) is 0.364. The van der Waals surface area contributed by atoms with Crippen LogP contribution in [0.2, 0.25) is 0 Å². The Labute approximate surface area is 123 Å². The van der Waals surface area contributed by atoms with Crippen molar-refractivity contribution in [3.8, 4) is 11.3 Å². The fourth-order valence-corrected chi connectivity index (χ4v) is 2.17. The van der Waals surface area contributed by atoms with E-state index >= 15 is 0 Å². The molecule has 2 aromatic rings. The van der Waals surface area contributed by atoms with Gasteiger partial charge in [-0.2, -0.15) is 26.7 Å². The van der Waals surface area contributed by atoms with Crippen LogP contribution in [0.5, 0.6) is 0 Å². The van der Waals surface area contributed by atoms with Gasteiger partial charge in [0.1, 0.15) is 17.6 Å². The van der Waals surface area contributed by atoms with Crippen LogP contribution in [-0.4, -0.2) is 33.6 Å². The summed E-state index contributed by atoms with van der Waals surface area (Å²) in [6.07, 6.45) is -1.84. The lowest BCUT2D eigenvalue weighted by molar-refractivity contribution is -0.750. The zero-order chi connectivity index (χ0) is 16.5. The van der Waals surface area contributed by atoms with Crippen molar-refractivity contribution in [1.29, 1.82) is 0 Å². The molecule has 7 nitrogen and oxygen atoms in total. The van der Waals surface area contributed by atoms with Crippen molar-refractivity contribution in [2.24, 2.45) is 7.05 Å². The van der Waals surface area contributed by atoms with Crippen molar-refractivity contribution in [2.45, 2.75) is 12.7 Å². The van der Waals surface area contributed by atoms with E-state index in [2.05, 4.69) is 10.2 Å². The van der Waals surface area contributed by atoms with Gasteiger partial charge in [0.15, 0.2) is 12.7 Å². The molecule has 2 aromatic heterocycles. The molecule has 0 aliphatic rings. The predicted octanol–water partition coefficient (Wildman–Crippen LogP) is 0.676. The molecule has 11 heteroatoms. The first kappa shape index (κ1) is 16.4. The Morgan fingerprint density at radius 2 is 2.09 bits per heavy atom. The van der Waals surface area contributed by atoms with Gasteiger partial charge in [0.2, 0.25) is 0 Å². The first-order valence-corrected chi connectivity index (χ1v) is 7.60. The average Bonchev–Trinajstić information content (AvgIpc) is 2.78. The van der Waals surface area contributed by atoms with E-state index < -0.39 is 27.7 Å². The lowest BCUT2D eigenvalue weighted by Gasteiger charge is -2.04. The Morgan fingerprint density at radius 3 is 2.55 bits per heavy atom. The van der Waals surface area contributed by atoms with E-state index in [1.807, 2.05) is 0 Å². The Kier molecular flexibility index (Phi) is 4.20. The molecule has 2 heterocycles. The van der Waals surface area contributed by atoms with Crippen LogP contribution in [0, 0.1) is 0 Å². The predicted molar refractivity (Wildman–Crippen MR) is 68.1 cm³/mol. The molecule has 0 spiro atoms. The van der Waals surface area contributed by atoms with Gasteiger partial charge in [-0.05, 0) is 11.2 Å². The van der Waals surface area contributed by atoms with Gasteiger partial charge in [-0.25, -0.2) is 0 Å². The molecule has 0 fully saturated rings. The Morgan fingerprint density at radius 1 is 1.41 bits per heavy atom. The van der Waals surface area contributed by atoms with E-state index in [1.54, 1.807) is 0 Å². The summed E-state index contributed by atoms with van der Waals surface area (Å²) in [7, 11) is -2.92. The first-order chi connectivity index (χ1) is 10.1. The zero-order valence-corrected chi connectivity index (χ0v) is 12.1. The van der Waals surface area contributed by atoms with Crippen LogP contribution in [0.15, 0.2) is 24.5 Å². The smallest absolute Gasteiger partial charge is 0.285 e. The normalized spacial score (nSPS) is 12.6. The van der Waals surface area contributed by atoms with Crippen LogP contribution in [0.3, 0.4) is 0 Å². The molecule has 0 atom stereocenters. The molecule has 0 amide bonds. The molecule has 1 N–H and O–H groups in total. The number of alkyl halides is 3. The number of aromatic nitrogens is 4. The van der Waals surface area contributed by atoms with Gasteiger partial charge in [-0.15, -0.1) is 0 Å². The topological polar surface area (TPSA) is 89.0 Å². The fourth-order valence-electron chi connectivity index (χ4n) is 1.75. The summed E-state index contributed by atoms with van der Waals surface area (Å²) < 4.78 is 69.9. The van der Waals surface area contributed by atoms with Gasteiger partial charge in [0.25, 0.3) is 10.1 Å². The quantitative estimate of drug-likeness (QED) is 0.654. The molecule has 0 aliphatic heterocycles. The van der Waals surface area contributed by atoms with Gasteiger partial charge in [-0.3, -0.25) is 9.23 Å². The van der Waals surface area contributed by atoms with Gasteiger partial charge < -0.3 is 0 Å². The second kappa shape index (κ2) is 5.65. The summed E-state index contributed by atoms with van der Waals surface area (Å²) in [6.45, 7) is -0.0743. The maximum Gasteiger partial charge on any atom is 0.433 e. The van der Waals surface area contributed by atoms with E-state index in [-0.39, 0.29) is 12.2 Å². The van der Waals surface area contributed by atoms with E-state index in [9.17, 15) is 21.6 Å². The Balaban J connectivity index is 2.21. The van der Waals surface area contributed by atoms with Gasteiger partial charge >= 0.3 is 6.18 Å². The maximum absolute atomic E-state index is 12.7. The van der Waals surface area contributed by atoms with E-state index in [4.69, 9.17) is 4.55 Å². The summed E-state index contributed by atoms with van der Waals surface area (Å²) in [5, 5.41) is 7.64. The van der Waals surface area contributed by atoms with E-state index in [0.717, 1.165) is 10.7 Å². The van der Waals surface area contributed by atoms with Crippen molar-refractivity contribution in [2.75, 3.05) is 5.75 Å². The molecule has 0 aliphatic carbocycles. The second-order valence-electron chi connectivity index (χ2n) is 4.50. The minimum absolute atomic E-state index is 0.0743. The van der Waals surface area contributed by atoms with Crippen LogP contribution in [0.25, 0.3) is 11.3 Å². The number of hydrogen-bond donors (Lipinski definition) is 1. The minimum Gasteiger partial charge on any atom is -0.285 e. The SMILES string of the molecule is Cn1nc(-c2cc[n+](CCS(=O)(=O)O)nc2)cc1C(F)(F)F. The number of aryl methyl sites for hydroxylation is 2. The molecule has 120 valence electrons. The summed E-state index contributed by atoms with van der Waals surface area (Å²) >= 11 is 0. The highest BCUT2D eigenvalue weighted by atomic mass is 32.2.